The molecule has 2 aromatic heterocycles. The number of aromatic amines is 1. The molecule has 0 unspecified atom stereocenters. The van der Waals surface area contributed by atoms with Crippen molar-refractivity contribution in [3.05, 3.63) is 52.9 Å². The molecule has 1 aromatic carbocycles. The minimum absolute atomic E-state index is 0.267. The van der Waals surface area contributed by atoms with Gasteiger partial charge in [-0.15, -0.1) is 0 Å². The Morgan fingerprint density at radius 3 is 2.74 bits per heavy atom. The van der Waals surface area contributed by atoms with Gasteiger partial charge in [0.25, 0.3) is 5.78 Å². The van der Waals surface area contributed by atoms with Crippen LogP contribution in [0.4, 0.5) is 4.39 Å². The standard InChI is InChI=1S/C13H11FN4O/c1-8-11(7-19)18-13(15-8)16-12(17-18)6-9-2-4-10(14)5-3-9/h2-5,7H,6H2,1H3,(H,15,16,17). The first-order valence-electron chi connectivity index (χ1n) is 5.81. The normalized spacial score (nSPS) is 11.1. The van der Waals surface area contributed by atoms with Crippen molar-refractivity contribution >= 4 is 12.1 Å². The molecule has 0 amide bonds. The molecule has 0 aliphatic carbocycles. The molecule has 5 nitrogen and oxygen atoms in total. The fraction of sp³-hybridized carbons (Fsp3) is 0.154. The average molecular weight is 258 g/mol. The zero-order chi connectivity index (χ0) is 13.4. The number of hydrogen-bond acceptors (Lipinski definition) is 3. The van der Waals surface area contributed by atoms with Crippen molar-refractivity contribution in [1.82, 2.24) is 19.6 Å². The van der Waals surface area contributed by atoms with Crippen molar-refractivity contribution in [2.75, 3.05) is 0 Å². The highest BCUT2D eigenvalue weighted by atomic mass is 19.1. The largest absolute Gasteiger partial charge is 0.296 e. The number of rotatable bonds is 3. The van der Waals surface area contributed by atoms with Crippen LogP contribution in [0.3, 0.4) is 0 Å². The lowest BCUT2D eigenvalue weighted by Gasteiger charge is -1.97. The highest BCUT2D eigenvalue weighted by Gasteiger charge is 2.12. The molecular formula is C13H11FN4O. The molecule has 0 aliphatic rings. The molecule has 0 fully saturated rings. The van der Waals surface area contributed by atoms with E-state index in [-0.39, 0.29) is 5.82 Å². The van der Waals surface area contributed by atoms with Crippen molar-refractivity contribution in [1.29, 1.82) is 0 Å². The van der Waals surface area contributed by atoms with E-state index in [1.807, 2.05) is 0 Å². The Labute approximate surface area is 108 Å². The summed E-state index contributed by atoms with van der Waals surface area (Å²) in [6, 6.07) is 6.22. The van der Waals surface area contributed by atoms with Gasteiger partial charge in [-0.1, -0.05) is 12.1 Å². The highest BCUT2D eigenvalue weighted by Crippen LogP contribution is 2.11. The second kappa shape index (κ2) is 4.31. The van der Waals surface area contributed by atoms with Gasteiger partial charge in [0, 0.05) is 6.42 Å². The van der Waals surface area contributed by atoms with Crippen LogP contribution in [0, 0.1) is 12.7 Å². The summed E-state index contributed by atoms with van der Waals surface area (Å²) in [6.45, 7) is 1.76. The molecular weight excluding hydrogens is 247 g/mol. The number of nitrogens with one attached hydrogen (secondary N) is 1. The molecule has 0 bridgehead atoms. The summed E-state index contributed by atoms with van der Waals surface area (Å²) < 4.78 is 14.4. The van der Waals surface area contributed by atoms with Gasteiger partial charge in [-0.25, -0.2) is 13.9 Å². The predicted molar refractivity (Wildman–Crippen MR) is 66.7 cm³/mol. The molecule has 3 rings (SSSR count). The topological polar surface area (TPSA) is 63.1 Å². The van der Waals surface area contributed by atoms with Crippen molar-refractivity contribution < 1.29 is 9.18 Å². The van der Waals surface area contributed by atoms with Gasteiger partial charge in [-0.05, 0) is 24.6 Å². The summed E-state index contributed by atoms with van der Waals surface area (Å²) in [6.07, 6.45) is 1.27. The fourth-order valence-corrected chi connectivity index (χ4v) is 2.00. The Hall–Kier alpha value is -2.50. The van der Waals surface area contributed by atoms with Crippen LogP contribution in [-0.2, 0) is 6.42 Å². The van der Waals surface area contributed by atoms with E-state index in [0.29, 0.717) is 29.4 Å². The monoisotopic (exact) mass is 258 g/mol. The molecule has 19 heavy (non-hydrogen) atoms. The first-order valence-corrected chi connectivity index (χ1v) is 5.81. The third-order valence-electron chi connectivity index (χ3n) is 2.95. The number of carbonyl (C=O) groups is 1. The molecule has 0 atom stereocenters. The van der Waals surface area contributed by atoms with Crippen LogP contribution in [0.5, 0.6) is 0 Å². The maximum Gasteiger partial charge on any atom is 0.251 e. The second-order valence-corrected chi connectivity index (χ2v) is 4.31. The number of H-pyrrole nitrogens is 1. The maximum atomic E-state index is 12.8. The Kier molecular flexibility index (Phi) is 2.63. The number of halogens is 1. The summed E-state index contributed by atoms with van der Waals surface area (Å²) in [5.41, 5.74) is 2.04. The molecule has 2 heterocycles. The van der Waals surface area contributed by atoms with Gasteiger partial charge in [0.2, 0.25) is 0 Å². The van der Waals surface area contributed by atoms with E-state index in [1.165, 1.54) is 12.1 Å². The van der Waals surface area contributed by atoms with E-state index in [9.17, 15) is 9.18 Å². The van der Waals surface area contributed by atoms with Crippen LogP contribution < -0.4 is 0 Å². The molecule has 0 spiro atoms. The van der Waals surface area contributed by atoms with Gasteiger partial charge in [-0.3, -0.25) is 9.89 Å². The van der Waals surface area contributed by atoms with E-state index >= 15 is 0 Å². The zero-order valence-electron chi connectivity index (χ0n) is 10.2. The Morgan fingerprint density at radius 2 is 2.05 bits per heavy atom. The van der Waals surface area contributed by atoms with Gasteiger partial charge in [-0.2, -0.15) is 4.98 Å². The summed E-state index contributed by atoms with van der Waals surface area (Å²) in [5.74, 6) is 0.880. The summed E-state index contributed by atoms with van der Waals surface area (Å²) in [7, 11) is 0. The van der Waals surface area contributed by atoms with Crippen LogP contribution >= 0.6 is 0 Å². The Morgan fingerprint density at radius 1 is 1.32 bits per heavy atom. The zero-order valence-corrected chi connectivity index (χ0v) is 10.2. The van der Waals surface area contributed by atoms with Gasteiger partial charge < -0.3 is 0 Å². The first-order chi connectivity index (χ1) is 9.17. The van der Waals surface area contributed by atoms with Crippen molar-refractivity contribution in [3.63, 3.8) is 0 Å². The smallest absolute Gasteiger partial charge is 0.251 e. The number of hydrogen-bond donors (Lipinski definition) is 1. The van der Waals surface area contributed by atoms with Crippen molar-refractivity contribution in [3.8, 4) is 0 Å². The van der Waals surface area contributed by atoms with Gasteiger partial charge in [0.1, 0.15) is 17.3 Å². The van der Waals surface area contributed by atoms with Crippen LogP contribution in [0.25, 0.3) is 5.78 Å². The van der Waals surface area contributed by atoms with E-state index in [4.69, 9.17) is 0 Å². The number of aromatic nitrogens is 4. The van der Waals surface area contributed by atoms with Crippen LogP contribution in [0.2, 0.25) is 0 Å². The molecule has 0 saturated heterocycles. The van der Waals surface area contributed by atoms with Crippen LogP contribution in [-0.4, -0.2) is 25.9 Å². The SMILES string of the molecule is Cc1nc2nc(Cc3ccc(F)cc3)[nH]n2c1C=O. The summed E-state index contributed by atoms with van der Waals surface area (Å²) >= 11 is 0. The molecule has 3 aromatic rings. The molecule has 1 N–H and O–H groups in total. The predicted octanol–water partition coefficient (Wildman–Crippen LogP) is 1.91. The van der Waals surface area contributed by atoms with E-state index in [1.54, 1.807) is 23.6 Å². The minimum atomic E-state index is -0.267. The lowest BCUT2D eigenvalue weighted by Crippen LogP contribution is -1.96. The third kappa shape index (κ3) is 2.01. The number of nitrogens with zero attached hydrogens (tertiary/aromatic N) is 3. The molecule has 0 saturated carbocycles. The van der Waals surface area contributed by atoms with E-state index in [0.717, 1.165) is 11.8 Å². The highest BCUT2D eigenvalue weighted by molar-refractivity contribution is 5.75. The molecule has 96 valence electrons. The average Bonchev–Trinajstić information content (AvgIpc) is 2.88. The lowest BCUT2D eigenvalue weighted by atomic mass is 10.1. The van der Waals surface area contributed by atoms with Gasteiger partial charge in [0.15, 0.2) is 6.29 Å². The quantitative estimate of drug-likeness (QED) is 0.730. The van der Waals surface area contributed by atoms with Crippen molar-refractivity contribution in [2.24, 2.45) is 0 Å². The molecule has 0 aliphatic heterocycles. The third-order valence-corrected chi connectivity index (χ3v) is 2.95. The number of benzene rings is 1. The Bertz CT molecular complexity index is 742. The van der Waals surface area contributed by atoms with Gasteiger partial charge in [0.05, 0.1) is 5.69 Å². The summed E-state index contributed by atoms with van der Waals surface area (Å²) in [5, 5.41) is 3.02. The van der Waals surface area contributed by atoms with E-state index in [2.05, 4.69) is 15.1 Å². The maximum absolute atomic E-state index is 12.8. The molecule has 6 heteroatoms. The van der Waals surface area contributed by atoms with Crippen LogP contribution in [0.15, 0.2) is 24.3 Å². The van der Waals surface area contributed by atoms with Crippen molar-refractivity contribution in [2.45, 2.75) is 13.3 Å². The minimum Gasteiger partial charge on any atom is -0.296 e. The summed E-state index contributed by atoms with van der Waals surface area (Å²) in [4.78, 5) is 19.5. The number of imidazole rings is 1. The number of aldehydes is 1. The number of aryl methyl sites for hydroxylation is 1. The van der Waals surface area contributed by atoms with Crippen LogP contribution in [0.1, 0.15) is 27.6 Å². The van der Waals surface area contributed by atoms with E-state index < -0.39 is 0 Å². The number of carbonyl (C=O) groups excluding carboxylic acids is 1. The molecule has 0 radical (unpaired) electrons. The first kappa shape index (κ1) is 11.6. The fourth-order valence-electron chi connectivity index (χ4n) is 2.00. The Balaban J connectivity index is 1.95. The second-order valence-electron chi connectivity index (χ2n) is 4.31. The lowest BCUT2D eigenvalue weighted by molar-refractivity contribution is 0.111. The number of fused-ring (bicyclic) bond motifs is 1. The van der Waals surface area contributed by atoms with Gasteiger partial charge >= 0.3 is 0 Å².